The van der Waals surface area contributed by atoms with Gasteiger partial charge in [0, 0.05) is 18.3 Å². The van der Waals surface area contributed by atoms with Gasteiger partial charge in [0.15, 0.2) is 0 Å². The van der Waals surface area contributed by atoms with Crippen molar-refractivity contribution in [1.82, 2.24) is 5.32 Å². The Morgan fingerprint density at radius 2 is 1.52 bits per heavy atom. The maximum atomic E-state index is 5.99. The largest absolute Gasteiger partial charge is 0.398 e. The highest BCUT2D eigenvalue weighted by Gasteiger charge is 2.21. The van der Waals surface area contributed by atoms with Crippen LogP contribution in [0.15, 0.2) is 54.6 Å². The van der Waals surface area contributed by atoms with Gasteiger partial charge in [0.1, 0.15) is 0 Å². The molecule has 2 aromatic rings. The molecule has 2 aromatic carbocycles. The summed E-state index contributed by atoms with van der Waals surface area (Å²) in [5, 5.41) is 3.67. The third-order valence-electron chi connectivity index (χ3n) is 4.63. The summed E-state index contributed by atoms with van der Waals surface area (Å²) in [5.74, 6) is 0.742. The summed E-state index contributed by atoms with van der Waals surface area (Å²) in [4.78, 5) is 0. The van der Waals surface area contributed by atoms with Crippen LogP contribution >= 0.6 is 0 Å². The Hall–Kier alpha value is -1.80. The number of rotatable bonds is 4. The highest BCUT2D eigenvalue weighted by molar-refractivity contribution is 5.46. The summed E-state index contributed by atoms with van der Waals surface area (Å²) in [6.07, 6.45) is 5.08. The van der Waals surface area contributed by atoms with E-state index in [1.807, 2.05) is 12.1 Å². The van der Waals surface area contributed by atoms with Gasteiger partial charge < -0.3 is 11.1 Å². The Labute approximate surface area is 127 Å². The van der Waals surface area contributed by atoms with Crippen molar-refractivity contribution < 1.29 is 0 Å². The van der Waals surface area contributed by atoms with Crippen LogP contribution in [0.3, 0.4) is 0 Å². The van der Waals surface area contributed by atoms with E-state index in [0.29, 0.717) is 6.04 Å². The van der Waals surface area contributed by atoms with E-state index in [4.69, 9.17) is 5.73 Å². The Balaban J connectivity index is 1.49. The maximum Gasteiger partial charge on any atom is 0.0359 e. The van der Waals surface area contributed by atoms with Crippen LogP contribution in [0.1, 0.15) is 42.7 Å². The molecule has 0 unspecified atom stereocenters. The van der Waals surface area contributed by atoms with Gasteiger partial charge in [0.25, 0.3) is 0 Å². The van der Waals surface area contributed by atoms with E-state index in [0.717, 1.165) is 18.2 Å². The van der Waals surface area contributed by atoms with Gasteiger partial charge in [-0.25, -0.2) is 0 Å². The summed E-state index contributed by atoms with van der Waals surface area (Å²) >= 11 is 0. The third-order valence-corrected chi connectivity index (χ3v) is 4.63. The van der Waals surface area contributed by atoms with E-state index in [1.165, 1.54) is 36.8 Å². The highest BCUT2D eigenvalue weighted by atomic mass is 14.9. The van der Waals surface area contributed by atoms with Gasteiger partial charge >= 0.3 is 0 Å². The van der Waals surface area contributed by atoms with Gasteiger partial charge in [0.05, 0.1) is 0 Å². The maximum absolute atomic E-state index is 5.99. The number of anilines is 1. The average Bonchev–Trinajstić information content (AvgIpc) is 2.55. The Bertz CT molecular complexity index is 557. The predicted molar refractivity (Wildman–Crippen MR) is 89.1 cm³/mol. The molecule has 2 nitrogen and oxygen atoms in total. The van der Waals surface area contributed by atoms with Gasteiger partial charge in [-0.2, -0.15) is 0 Å². The van der Waals surface area contributed by atoms with Crippen molar-refractivity contribution in [3.8, 4) is 0 Å². The van der Waals surface area contributed by atoms with Crippen molar-refractivity contribution >= 4 is 5.69 Å². The number of nitrogen functional groups attached to an aromatic ring is 1. The SMILES string of the molecule is Nc1ccccc1CNC1CCC(c2ccccc2)CC1. The molecule has 1 fully saturated rings. The molecular weight excluding hydrogens is 256 g/mol. The lowest BCUT2D eigenvalue weighted by molar-refractivity contribution is 0.342. The molecule has 0 atom stereocenters. The molecule has 21 heavy (non-hydrogen) atoms. The first-order valence-corrected chi connectivity index (χ1v) is 7.94. The number of hydrogen-bond acceptors (Lipinski definition) is 2. The zero-order valence-electron chi connectivity index (χ0n) is 12.5. The molecule has 0 amide bonds. The Morgan fingerprint density at radius 1 is 0.857 bits per heavy atom. The minimum atomic E-state index is 0.629. The molecule has 0 heterocycles. The first-order valence-electron chi connectivity index (χ1n) is 7.94. The third kappa shape index (κ3) is 3.64. The fraction of sp³-hybridized carbons (Fsp3) is 0.368. The summed E-state index contributed by atoms with van der Waals surface area (Å²) in [7, 11) is 0. The number of para-hydroxylation sites is 1. The average molecular weight is 280 g/mol. The molecule has 0 aliphatic heterocycles. The molecule has 3 rings (SSSR count). The van der Waals surface area contributed by atoms with Gasteiger partial charge in [-0.15, -0.1) is 0 Å². The minimum Gasteiger partial charge on any atom is -0.398 e. The zero-order chi connectivity index (χ0) is 14.5. The van der Waals surface area contributed by atoms with Crippen molar-refractivity contribution in [2.75, 3.05) is 5.73 Å². The van der Waals surface area contributed by atoms with Crippen molar-refractivity contribution in [2.45, 2.75) is 44.2 Å². The van der Waals surface area contributed by atoms with Crippen LogP contribution in [-0.4, -0.2) is 6.04 Å². The number of nitrogens with one attached hydrogen (secondary N) is 1. The van der Waals surface area contributed by atoms with Crippen LogP contribution in [0.5, 0.6) is 0 Å². The van der Waals surface area contributed by atoms with Crippen LogP contribution in [0.2, 0.25) is 0 Å². The van der Waals surface area contributed by atoms with Crippen molar-refractivity contribution in [3.05, 3.63) is 65.7 Å². The molecular formula is C19H24N2. The smallest absolute Gasteiger partial charge is 0.0359 e. The molecule has 0 spiro atoms. The molecule has 1 aliphatic carbocycles. The van der Waals surface area contributed by atoms with E-state index in [-0.39, 0.29) is 0 Å². The van der Waals surface area contributed by atoms with E-state index < -0.39 is 0 Å². The minimum absolute atomic E-state index is 0.629. The standard InChI is InChI=1S/C19H24N2/c20-19-9-5-4-8-17(19)14-21-18-12-10-16(11-13-18)15-6-2-1-3-7-15/h1-9,16,18,21H,10-14,20H2. The van der Waals surface area contributed by atoms with Crippen LogP contribution in [0.4, 0.5) is 5.69 Å². The molecule has 0 aromatic heterocycles. The lowest BCUT2D eigenvalue weighted by atomic mass is 9.82. The van der Waals surface area contributed by atoms with Crippen molar-refractivity contribution in [3.63, 3.8) is 0 Å². The van der Waals surface area contributed by atoms with E-state index >= 15 is 0 Å². The Kier molecular flexibility index (Phi) is 4.56. The molecule has 2 heteroatoms. The van der Waals surface area contributed by atoms with E-state index in [1.54, 1.807) is 0 Å². The molecule has 0 saturated heterocycles. The molecule has 110 valence electrons. The second kappa shape index (κ2) is 6.77. The normalized spacial score (nSPS) is 22.1. The highest BCUT2D eigenvalue weighted by Crippen LogP contribution is 2.32. The molecule has 1 saturated carbocycles. The van der Waals surface area contributed by atoms with E-state index in [2.05, 4.69) is 47.8 Å². The van der Waals surface area contributed by atoms with E-state index in [9.17, 15) is 0 Å². The van der Waals surface area contributed by atoms with Crippen LogP contribution in [0, 0.1) is 0 Å². The van der Waals surface area contributed by atoms with Gasteiger partial charge in [0.2, 0.25) is 0 Å². The molecule has 1 aliphatic rings. The molecule has 3 N–H and O–H groups in total. The van der Waals surface area contributed by atoms with Gasteiger partial charge in [-0.1, -0.05) is 48.5 Å². The number of nitrogens with two attached hydrogens (primary N) is 1. The predicted octanol–water partition coefficient (Wildman–Crippen LogP) is 4.08. The summed E-state index contributed by atoms with van der Waals surface area (Å²) < 4.78 is 0. The fourth-order valence-corrected chi connectivity index (χ4v) is 3.31. The lowest BCUT2D eigenvalue weighted by Gasteiger charge is -2.29. The number of hydrogen-bond donors (Lipinski definition) is 2. The summed E-state index contributed by atoms with van der Waals surface area (Å²) in [6.45, 7) is 0.882. The summed E-state index contributed by atoms with van der Waals surface area (Å²) in [6, 6.07) is 19.7. The van der Waals surface area contributed by atoms with Crippen LogP contribution in [-0.2, 0) is 6.54 Å². The Morgan fingerprint density at radius 3 is 2.24 bits per heavy atom. The lowest BCUT2D eigenvalue weighted by Crippen LogP contribution is -2.32. The van der Waals surface area contributed by atoms with Gasteiger partial charge in [-0.3, -0.25) is 0 Å². The second-order valence-electron chi connectivity index (χ2n) is 6.04. The molecule has 0 radical (unpaired) electrons. The second-order valence-corrected chi connectivity index (χ2v) is 6.04. The topological polar surface area (TPSA) is 38.0 Å². The van der Waals surface area contributed by atoms with Crippen molar-refractivity contribution in [1.29, 1.82) is 0 Å². The first kappa shape index (κ1) is 14.2. The number of benzene rings is 2. The fourth-order valence-electron chi connectivity index (χ4n) is 3.31. The molecule has 0 bridgehead atoms. The first-order chi connectivity index (χ1) is 10.3. The quantitative estimate of drug-likeness (QED) is 0.828. The van der Waals surface area contributed by atoms with Crippen LogP contribution in [0.25, 0.3) is 0 Å². The zero-order valence-corrected chi connectivity index (χ0v) is 12.5. The van der Waals surface area contributed by atoms with Gasteiger partial charge in [-0.05, 0) is 48.8 Å². The van der Waals surface area contributed by atoms with Crippen LogP contribution < -0.4 is 11.1 Å². The summed E-state index contributed by atoms with van der Waals surface area (Å²) in [5.41, 5.74) is 9.60. The van der Waals surface area contributed by atoms with Crippen molar-refractivity contribution in [2.24, 2.45) is 0 Å². The monoisotopic (exact) mass is 280 g/mol.